The first kappa shape index (κ1) is 17.8. The number of hydrogen-bond donors (Lipinski definition) is 1. The molecule has 1 atom stereocenters. The highest BCUT2D eigenvalue weighted by molar-refractivity contribution is 7.99. The summed E-state index contributed by atoms with van der Waals surface area (Å²) in [5.41, 5.74) is 3.63. The molecule has 1 N–H and O–H groups in total. The molecule has 0 fully saturated rings. The van der Waals surface area contributed by atoms with E-state index in [1.807, 2.05) is 59.9 Å². The average molecular weight is 380 g/mol. The summed E-state index contributed by atoms with van der Waals surface area (Å²) in [6.07, 6.45) is 0. The number of carbonyl (C=O) groups is 1. The highest BCUT2D eigenvalue weighted by Gasteiger charge is 2.15. The molecule has 6 nitrogen and oxygen atoms in total. The Morgan fingerprint density at radius 2 is 1.89 bits per heavy atom. The summed E-state index contributed by atoms with van der Waals surface area (Å²) < 4.78 is 7.10. The van der Waals surface area contributed by atoms with Gasteiger partial charge in [0.2, 0.25) is 5.91 Å². The number of nitrogens with zero attached hydrogens (tertiary/aromatic N) is 3. The minimum absolute atomic E-state index is 0.0262. The molecule has 4 aromatic rings. The third-order valence-corrected chi connectivity index (χ3v) is 5.21. The molecule has 0 aliphatic rings. The van der Waals surface area contributed by atoms with E-state index in [1.165, 1.54) is 11.8 Å². The monoisotopic (exact) mass is 380 g/mol. The maximum Gasteiger partial charge on any atom is 0.230 e. The van der Waals surface area contributed by atoms with E-state index in [9.17, 15) is 4.79 Å². The number of aromatic nitrogens is 3. The summed E-state index contributed by atoms with van der Waals surface area (Å²) in [7, 11) is 1.62. The molecule has 2 aromatic carbocycles. The Kier molecular flexibility index (Phi) is 4.96. The van der Waals surface area contributed by atoms with Crippen LogP contribution in [-0.4, -0.2) is 45.8 Å². The first-order valence-corrected chi connectivity index (χ1v) is 9.73. The lowest BCUT2D eigenvalue weighted by Crippen LogP contribution is -2.36. The number of benzene rings is 2. The lowest BCUT2D eigenvalue weighted by atomic mass is 10.2. The number of nitrogens with one attached hydrogen (secondary N) is 1. The van der Waals surface area contributed by atoms with Crippen molar-refractivity contribution in [2.75, 3.05) is 19.5 Å². The van der Waals surface area contributed by atoms with Gasteiger partial charge in [0, 0.05) is 18.5 Å². The van der Waals surface area contributed by atoms with E-state index in [2.05, 4.69) is 5.32 Å². The molecule has 27 heavy (non-hydrogen) atoms. The van der Waals surface area contributed by atoms with Crippen LogP contribution in [0, 0.1) is 0 Å². The first-order valence-electron chi connectivity index (χ1n) is 8.74. The quantitative estimate of drug-likeness (QED) is 0.411. The second kappa shape index (κ2) is 7.54. The van der Waals surface area contributed by atoms with Gasteiger partial charge in [-0.1, -0.05) is 36.0 Å². The average Bonchev–Trinajstić information content (AvgIpc) is 3.06. The second-order valence-electron chi connectivity index (χ2n) is 6.38. The van der Waals surface area contributed by atoms with Crippen molar-refractivity contribution in [3.63, 3.8) is 0 Å². The van der Waals surface area contributed by atoms with Crippen molar-refractivity contribution in [3.05, 3.63) is 48.5 Å². The van der Waals surface area contributed by atoms with Gasteiger partial charge < -0.3 is 10.1 Å². The minimum Gasteiger partial charge on any atom is -0.383 e. The molecule has 0 aliphatic carbocycles. The van der Waals surface area contributed by atoms with Gasteiger partial charge in [0.15, 0.2) is 5.16 Å². The Morgan fingerprint density at radius 1 is 1.15 bits per heavy atom. The zero-order valence-electron chi connectivity index (χ0n) is 15.2. The van der Waals surface area contributed by atoms with Gasteiger partial charge in [0.25, 0.3) is 0 Å². The van der Waals surface area contributed by atoms with E-state index in [0.29, 0.717) is 6.61 Å². The Morgan fingerprint density at radius 3 is 2.70 bits per heavy atom. The molecule has 0 aliphatic heterocycles. The standard InChI is InChI=1S/C20H20N4O2S/c1-13(11-26-2)21-18(25)12-27-20-23-15-8-4-3-7-14(15)19-22-16-9-5-6-10-17(16)24(19)20/h3-10,13H,11-12H2,1-2H3,(H,21,25). The topological polar surface area (TPSA) is 68.5 Å². The Balaban J connectivity index is 1.73. The van der Waals surface area contributed by atoms with Crippen LogP contribution in [0.4, 0.5) is 0 Å². The fourth-order valence-electron chi connectivity index (χ4n) is 3.15. The number of amides is 1. The fraction of sp³-hybridized carbons (Fsp3) is 0.250. The first-order chi connectivity index (χ1) is 13.2. The van der Waals surface area contributed by atoms with Gasteiger partial charge in [0.1, 0.15) is 5.65 Å². The molecule has 0 bridgehead atoms. The van der Waals surface area contributed by atoms with E-state index >= 15 is 0 Å². The van der Waals surface area contributed by atoms with Gasteiger partial charge in [-0.25, -0.2) is 9.97 Å². The summed E-state index contributed by atoms with van der Waals surface area (Å²) in [5, 5.41) is 4.68. The van der Waals surface area contributed by atoms with Crippen LogP contribution in [0.5, 0.6) is 0 Å². The largest absolute Gasteiger partial charge is 0.383 e. The molecule has 7 heteroatoms. The number of thioether (sulfide) groups is 1. The van der Waals surface area contributed by atoms with Gasteiger partial charge >= 0.3 is 0 Å². The van der Waals surface area contributed by atoms with Crippen LogP contribution in [0.3, 0.4) is 0 Å². The van der Waals surface area contributed by atoms with E-state index < -0.39 is 0 Å². The minimum atomic E-state index is -0.0444. The number of para-hydroxylation sites is 3. The zero-order valence-corrected chi connectivity index (χ0v) is 16.0. The van der Waals surface area contributed by atoms with Crippen LogP contribution in [0.1, 0.15) is 6.92 Å². The summed E-state index contributed by atoms with van der Waals surface area (Å²) in [5.74, 6) is 0.234. The number of carbonyl (C=O) groups excluding carboxylic acids is 1. The summed E-state index contributed by atoms with van der Waals surface area (Å²) in [4.78, 5) is 21.9. The summed E-state index contributed by atoms with van der Waals surface area (Å²) in [6.45, 7) is 2.41. The number of imidazole rings is 1. The smallest absolute Gasteiger partial charge is 0.230 e. The van der Waals surface area contributed by atoms with Crippen LogP contribution < -0.4 is 5.32 Å². The number of ether oxygens (including phenoxy) is 1. The molecule has 0 radical (unpaired) electrons. The molecule has 0 saturated heterocycles. The van der Waals surface area contributed by atoms with Crippen LogP contribution >= 0.6 is 11.8 Å². The molecule has 0 spiro atoms. The lowest BCUT2D eigenvalue weighted by molar-refractivity contribution is -0.119. The molecule has 138 valence electrons. The van der Waals surface area contributed by atoms with E-state index in [0.717, 1.165) is 32.7 Å². The predicted molar refractivity (Wildman–Crippen MR) is 108 cm³/mol. The van der Waals surface area contributed by atoms with Crippen LogP contribution in [0.25, 0.3) is 27.6 Å². The van der Waals surface area contributed by atoms with Crippen molar-refractivity contribution < 1.29 is 9.53 Å². The highest BCUT2D eigenvalue weighted by Crippen LogP contribution is 2.28. The zero-order chi connectivity index (χ0) is 18.8. The Bertz CT molecular complexity index is 1130. The highest BCUT2D eigenvalue weighted by atomic mass is 32.2. The number of methoxy groups -OCH3 is 1. The predicted octanol–water partition coefficient (Wildman–Crippen LogP) is 3.28. The maximum atomic E-state index is 12.3. The molecule has 4 rings (SSSR count). The fourth-order valence-corrected chi connectivity index (χ4v) is 3.97. The molecular formula is C20H20N4O2S. The molecule has 2 heterocycles. The summed E-state index contributed by atoms with van der Waals surface area (Å²) >= 11 is 1.41. The van der Waals surface area contributed by atoms with Crippen molar-refractivity contribution in [1.29, 1.82) is 0 Å². The van der Waals surface area contributed by atoms with Gasteiger partial charge in [-0.3, -0.25) is 9.20 Å². The Labute approximate surface area is 160 Å². The van der Waals surface area contributed by atoms with Crippen molar-refractivity contribution in [3.8, 4) is 0 Å². The van der Waals surface area contributed by atoms with Crippen LogP contribution in [0.15, 0.2) is 53.7 Å². The van der Waals surface area contributed by atoms with Gasteiger partial charge in [-0.05, 0) is 31.2 Å². The molecule has 1 unspecified atom stereocenters. The molecule has 0 saturated carbocycles. The van der Waals surface area contributed by atoms with Crippen LogP contribution in [0.2, 0.25) is 0 Å². The van der Waals surface area contributed by atoms with E-state index in [1.54, 1.807) is 7.11 Å². The van der Waals surface area contributed by atoms with Crippen molar-refractivity contribution in [2.24, 2.45) is 0 Å². The van der Waals surface area contributed by atoms with Gasteiger partial charge in [-0.2, -0.15) is 0 Å². The van der Waals surface area contributed by atoms with E-state index in [4.69, 9.17) is 14.7 Å². The molecule has 1 amide bonds. The van der Waals surface area contributed by atoms with Gasteiger partial charge in [0.05, 0.1) is 28.9 Å². The van der Waals surface area contributed by atoms with Crippen molar-refractivity contribution in [1.82, 2.24) is 19.7 Å². The summed E-state index contributed by atoms with van der Waals surface area (Å²) in [6, 6.07) is 15.9. The van der Waals surface area contributed by atoms with Crippen LogP contribution in [-0.2, 0) is 9.53 Å². The van der Waals surface area contributed by atoms with Gasteiger partial charge in [-0.15, -0.1) is 0 Å². The lowest BCUT2D eigenvalue weighted by Gasteiger charge is -2.13. The number of fused-ring (bicyclic) bond motifs is 5. The SMILES string of the molecule is COCC(C)NC(=O)CSc1nc2ccccc2c2nc3ccccc3n12. The third-order valence-electron chi connectivity index (χ3n) is 4.27. The van der Waals surface area contributed by atoms with Crippen molar-refractivity contribution in [2.45, 2.75) is 18.1 Å². The molecular weight excluding hydrogens is 360 g/mol. The number of hydrogen-bond acceptors (Lipinski definition) is 5. The third kappa shape index (κ3) is 3.48. The number of rotatable bonds is 6. The maximum absolute atomic E-state index is 12.3. The molecule has 2 aromatic heterocycles. The normalized spacial score (nSPS) is 12.7. The van der Waals surface area contributed by atoms with E-state index in [-0.39, 0.29) is 17.7 Å². The Hall–Kier alpha value is -2.64. The second-order valence-corrected chi connectivity index (χ2v) is 7.33. The van der Waals surface area contributed by atoms with Crippen molar-refractivity contribution >= 4 is 45.3 Å².